The minimum absolute atomic E-state index is 0.0335. The van der Waals surface area contributed by atoms with Crippen LogP contribution in [0.5, 0.6) is 0 Å². The minimum Gasteiger partial charge on any atom is -0.481 e. The lowest BCUT2D eigenvalue weighted by Gasteiger charge is -2.27. The fourth-order valence-corrected chi connectivity index (χ4v) is 1.42. The lowest BCUT2D eigenvalue weighted by molar-refractivity contribution is -0.137. The fraction of sp³-hybridized carbons (Fsp3) is 0.700. The summed E-state index contributed by atoms with van der Waals surface area (Å²) < 4.78 is 0. The molecule has 0 aromatic heterocycles. The number of rotatable bonds is 9. The molecule has 0 heterocycles. The van der Waals surface area contributed by atoms with Crippen LogP contribution in [0.4, 0.5) is 0 Å². The van der Waals surface area contributed by atoms with Crippen LogP contribution in [-0.2, 0) is 14.4 Å². The monoisotopic (exact) mass is 215 g/mol. The van der Waals surface area contributed by atoms with Crippen molar-refractivity contribution in [1.29, 1.82) is 0 Å². The normalized spacial score (nSPS) is 11.0. The molecule has 15 heavy (non-hydrogen) atoms. The molecule has 0 unspecified atom stereocenters. The van der Waals surface area contributed by atoms with Gasteiger partial charge >= 0.3 is 5.97 Å². The topological polar surface area (TPSA) is 97.5 Å². The van der Waals surface area contributed by atoms with E-state index in [-0.39, 0.29) is 6.42 Å². The van der Waals surface area contributed by atoms with Crippen molar-refractivity contribution in [2.24, 2.45) is 5.73 Å². The van der Waals surface area contributed by atoms with Crippen LogP contribution in [0, 0.1) is 0 Å². The second-order valence-electron chi connectivity index (χ2n) is 3.67. The molecule has 0 fully saturated rings. The third kappa shape index (κ3) is 6.79. The summed E-state index contributed by atoms with van der Waals surface area (Å²) in [4.78, 5) is 30.8. The number of carboxylic acids is 1. The van der Waals surface area contributed by atoms with Gasteiger partial charge in [-0.1, -0.05) is 0 Å². The third-order valence-electron chi connectivity index (χ3n) is 2.36. The van der Waals surface area contributed by atoms with Crippen molar-refractivity contribution in [2.75, 3.05) is 0 Å². The molecule has 0 aliphatic heterocycles. The highest BCUT2D eigenvalue weighted by atomic mass is 16.4. The molecule has 0 aliphatic rings. The van der Waals surface area contributed by atoms with Crippen molar-refractivity contribution < 1.29 is 19.5 Å². The van der Waals surface area contributed by atoms with Gasteiger partial charge in [0.05, 0.1) is 0 Å². The molecule has 0 atom stereocenters. The minimum atomic E-state index is -0.915. The van der Waals surface area contributed by atoms with E-state index in [0.717, 1.165) is 12.6 Å². The van der Waals surface area contributed by atoms with Gasteiger partial charge in [0.25, 0.3) is 0 Å². The average Bonchev–Trinajstić information content (AvgIpc) is 2.21. The average molecular weight is 215 g/mol. The van der Waals surface area contributed by atoms with Gasteiger partial charge in [-0.3, -0.25) is 4.79 Å². The summed E-state index contributed by atoms with van der Waals surface area (Å²) in [5, 5.41) is 8.53. The van der Waals surface area contributed by atoms with E-state index in [2.05, 4.69) is 0 Å². The number of hydrogen-bond donors (Lipinski definition) is 2. The van der Waals surface area contributed by atoms with Gasteiger partial charge in [0.15, 0.2) is 0 Å². The number of hydrogen-bond acceptors (Lipinski definition) is 4. The molecule has 0 aromatic rings. The molecule has 0 spiro atoms. The molecule has 86 valence electrons. The second kappa shape index (κ2) is 7.11. The molecule has 5 heteroatoms. The molecule has 5 nitrogen and oxygen atoms in total. The molecule has 0 aliphatic carbocycles. The van der Waals surface area contributed by atoms with E-state index >= 15 is 0 Å². The van der Waals surface area contributed by atoms with Crippen LogP contribution < -0.4 is 5.73 Å². The van der Waals surface area contributed by atoms with E-state index in [1.54, 1.807) is 0 Å². The molecule has 0 aromatic carbocycles. The van der Waals surface area contributed by atoms with E-state index in [9.17, 15) is 14.4 Å². The highest BCUT2D eigenvalue weighted by molar-refractivity contribution is 5.66. The summed E-state index contributed by atoms with van der Waals surface area (Å²) in [6.45, 7) is 0. The maximum absolute atomic E-state index is 10.4. The second-order valence-corrected chi connectivity index (χ2v) is 3.67. The maximum Gasteiger partial charge on any atom is 0.303 e. The first kappa shape index (κ1) is 13.8. The molecular formula is C10H17NO4. The quantitative estimate of drug-likeness (QED) is 0.546. The van der Waals surface area contributed by atoms with Crippen LogP contribution >= 0.6 is 0 Å². The van der Waals surface area contributed by atoms with Crippen LogP contribution in [0.15, 0.2) is 0 Å². The molecule has 0 saturated heterocycles. The zero-order chi connectivity index (χ0) is 11.7. The first-order valence-corrected chi connectivity index (χ1v) is 4.92. The lowest BCUT2D eigenvalue weighted by Crippen LogP contribution is -2.40. The Morgan fingerprint density at radius 1 is 1.13 bits per heavy atom. The summed E-state index contributed by atoms with van der Waals surface area (Å²) in [6.07, 6.45) is 3.23. The first-order chi connectivity index (χ1) is 7.04. The van der Waals surface area contributed by atoms with Gasteiger partial charge in [-0.15, -0.1) is 0 Å². The highest BCUT2D eigenvalue weighted by Crippen LogP contribution is 2.21. The predicted molar refractivity (Wildman–Crippen MR) is 54.4 cm³/mol. The van der Waals surface area contributed by atoms with Gasteiger partial charge in [-0.2, -0.15) is 0 Å². The predicted octanol–water partition coefficient (Wildman–Crippen LogP) is 0.507. The number of aliphatic carboxylic acids is 1. The van der Waals surface area contributed by atoms with Gasteiger partial charge < -0.3 is 20.4 Å². The molecule has 0 radical (unpaired) electrons. The van der Waals surface area contributed by atoms with E-state index in [0.29, 0.717) is 32.1 Å². The number of carbonyl (C=O) groups is 3. The van der Waals surface area contributed by atoms with E-state index < -0.39 is 11.5 Å². The van der Waals surface area contributed by atoms with Crippen LogP contribution in [0.25, 0.3) is 0 Å². The largest absolute Gasteiger partial charge is 0.481 e. The summed E-state index contributed by atoms with van der Waals surface area (Å²) >= 11 is 0. The van der Waals surface area contributed by atoms with Crippen molar-refractivity contribution in [2.45, 2.75) is 44.1 Å². The summed E-state index contributed by atoms with van der Waals surface area (Å²) in [6, 6.07) is 0. The van der Waals surface area contributed by atoms with Gasteiger partial charge in [0.2, 0.25) is 0 Å². The van der Waals surface area contributed by atoms with Crippen LogP contribution in [-0.4, -0.2) is 29.2 Å². The first-order valence-electron chi connectivity index (χ1n) is 4.92. The van der Waals surface area contributed by atoms with Gasteiger partial charge in [0, 0.05) is 24.8 Å². The van der Waals surface area contributed by atoms with Crippen molar-refractivity contribution >= 4 is 18.5 Å². The molecule has 0 bridgehead atoms. The van der Waals surface area contributed by atoms with Gasteiger partial charge in [0.1, 0.15) is 12.6 Å². The van der Waals surface area contributed by atoms with Crippen molar-refractivity contribution in [3.63, 3.8) is 0 Å². The fourth-order valence-electron chi connectivity index (χ4n) is 1.42. The molecule has 0 saturated carbocycles. The summed E-state index contributed by atoms with van der Waals surface area (Å²) in [7, 11) is 0. The van der Waals surface area contributed by atoms with Crippen LogP contribution in [0.3, 0.4) is 0 Å². The Labute approximate surface area is 88.6 Å². The molecule has 0 amide bonds. The van der Waals surface area contributed by atoms with Crippen LogP contribution in [0.1, 0.15) is 38.5 Å². The smallest absolute Gasteiger partial charge is 0.303 e. The number of aldehydes is 2. The molecule has 3 N–H and O–H groups in total. The van der Waals surface area contributed by atoms with Gasteiger partial charge in [-0.05, 0) is 19.3 Å². The van der Waals surface area contributed by atoms with Crippen molar-refractivity contribution in [3.05, 3.63) is 0 Å². The Bertz CT molecular complexity index is 215. The SMILES string of the molecule is NC(CCC=O)(CCC=O)CCC(=O)O. The zero-order valence-corrected chi connectivity index (χ0v) is 8.65. The number of carboxylic acid groups (broad SMARTS) is 1. The number of nitrogens with two attached hydrogens (primary N) is 1. The highest BCUT2D eigenvalue weighted by Gasteiger charge is 2.24. The molecule has 0 rings (SSSR count). The Balaban J connectivity index is 4.17. The maximum atomic E-state index is 10.4. The van der Waals surface area contributed by atoms with E-state index in [4.69, 9.17) is 10.8 Å². The number of carbonyl (C=O) groups excluding carboxylic acids is 2. The summed E-state index contributed by atoms with van der Waals surface area (Å²) in [5.41, 5.74) is 5.23. The third-order valence-corrected chi connectivity index (χ3v) is 2.36. The standard InChI is InChI=1S/C10H17NO4/c11-10(4-1-7-12,5-2-8-13)6-3-9(14)15/h7-8H,1-6,11H2,(H,14,15). The van der Waals surface area contributed by atoms with E-state index in [1.165, 1.54) is 0 Å². The van der Waals surface area contributed by atoms with E-state index in [1.807, 2.05) is 0 Å². The Hall–Kier alpha value is -1.23. The van der Waals surface area contributed by atoms with Gasteiger partial charge in [-0.25, -0.2) is 0 Å². The zero-order valence-electron chi connectivity index (χ0n) is 8.65. The Kier molecular flexibility index (Phi) is 6.53. The van der Waals surface area contributed by atoms with Crippen molar-refractivity contribution in [3.8, 4) is 0 Å². The van der Waals surface area contributed by atoms with Crippen LogP contribution in [0.2, 0.25) is 0 Å². The Morgan fingerprint density at radius 3 is 1.93 bits per heavy atom. The van der Waals surface area contributed by atoms with Crippen molar-refractivity contribution in [1.82, 2.24) is 0 Å². The summed E-state index contributed by atoms with van der Waals surface area (Å²) in [5.74, 6) is -0.915. The Morgan fingerprint density at radius 2 is 1.60 bits per heavy atom. The lowest BCUT2D eigenvalue weighted by atomic mass is 9.85. The molecular weight excluding hydrogens is 198 g/mol.